The van der Waals surface area contributed by atoms with E-state index in [-0.39, 0.29) is 18.9 Å². The molecule has 0 bridgehead atoms. The first kappa shape index (κ1) is 13.0. The Kier molecular flexibility index (Phi) is 4.22. The molecule has 1 aliphatic heterocycles. The van der Waals surface area contributed by atoms with Crippen LogP contribution >= 0.6 is 23.5 Å². The summed E-state index contributed by atoms with van der Waals surface area (Å²) >= 11 is 3.74. The molecule has 0 spiro atoms. The molecule has 0 aliphatic carbocycles. The van der Waals surface area contributed by atoms with Crippen molar-refractivity contribution in [1.29, 1.82) is 0 Å². The van der Waals surface area contributed by atoms with Crippen LogP contribution in [0.4, 0.5) is 0 Å². The van der Waals surface area contributed by atoms with Gasteiger partial charge in [0.25, 0.3) is 0 Å². The van der Waals surface area contributed by atoms with E-state index in [1.807, 2.05) is 23.5 Å². The first-order valence-electron chi connectivity index (χ1n) is 5.25. The molecule has 17 heavy (non-hydrogen) atoms. The van der Waals surface area contributed by atoms with Crippen molar-refractivity contribution in [1.82, 2.24) is 0 Å². The van der Waals surface area contributed by atoms with Crippen LogP contribution in [-0.2, 0) is 0 Å². The summed E-state index contributed by atoms with van der Waals surface area (Å²) in [4.78, 5) is 5.48. The van der Waals surface area contributed by atoms with Crippen molar-refractivity contribution in [3.63, 3.8) is 0 Å². The van der Waals surface area contributed by atoms with Crippen LogP contribution in [0.5, 0.6) is 0 Å². The SMILES string of the molecule is C[CH-]c1ccc2c(c1)Sc1ccccc1S2.[Li+]. The van der Waals surface area contributed by atoms with Crippen LogP contribution < -0.4 is 18.9 Å². The maximum Gasteiger partial charge on any atom is 1.00 e. The molecular formula is C14H11LiS2. The molecule has 0 N–H and O–H groups in total. The molecular weight excluding hydrogens is 239 g/mol. The second kappa shape index (κ2) is 5.50. The molecule has 1 heterocycles. The fourth-order valence-corrected chi connectivity index (χ4v) is 3.99. The summed E-state index contributed by atoms with van der Waals surface area (Å²) < 4.78 is 0. The summed E-state index contributed by atoms with van der Waals surface area (Å²) in [6.45, 7) is 2.08. The Hall–Kier alpha value is -0.393. The fraction of sp³-hybridized carbons (Fsp3) is 0.0714. The molecule has 0 atom stereocenters. The minimum Gasteiger partial charge on any atom is -0.191 e. The van der Waals surface area contributed by atoms with Gasteiger partial charge in [0, 0.05) is 14.7 Å². The van der Waals surface area contributed by atoms with Crippen LogP contribution in [0.1, 0.15) is 12.5 Å². The maximum atomic E-state index is 2.27. The Bertz CT molecular complexity index is 537. The van der Waals surface area contributed by atoms with Crippen molar-refractivity contribution in [2.45, 2.75) is 26.5 Å². The molecule has 0 radical (unpaired) electrons. The first-order chi connectivity index (χ1) is 7.86. The third kappa shape index (κ3) is 2.56. The third-order valence-corrected chi connectivity index (χ3v) is 5.13. The Morgan fingerprint density at radius 1 is 0.824 bits per heavy atom. The smallest absolute Gasteiger partial charge is 0.191 e. The van der Waals surface area contributed by atoms with Crippen LogP contribution in [0, 0.1) is 6.42 Å². The van der Waals surface area contributed by atoms with Gasteiger partial charge in [0.15, 0.2) is 0 Å². The van der Waals surface area contributed by atoms with Crippen molar-refractivity contribution >= 4 is 23.5 Å². The summed E-state index contributed by atoms with van der Waals surface area (Å²) in [5.41, 5.74) is 1.30. The van der Waals surface area contributed by atoms with E-state index in [1.165, 1.54) is 25.1 Å². The van der Waals surface area contributed by atoms with E-state index < -0.39 is 0 Å². The average Bonchev–Trinajstić information content (AvgIpc) is 2.35. The van der Waals surface area contributed by atoms with Crippen LogP contribution in [0.25, 0.3) is 0 Å². The van der Waals surface area contributed by atoms with Crippen LogP contribution in [0.2, 0.25) is 0 Å². The second-order valence-corrected chi connectivity index (χ2v) is 5.81. The molecule has 3 rings (SSSR count). The summed E-state index contributed by atoms with van der Waals surface area (Å²) in [6.07, 6.45) is 2.14. The van der Waals surface area contributed by atoms with Gasteiger partial charge in [-0.05, 0) is 17.0 Å². The number of rotatable bonds is 1. The van der Waals surface area contributed by atoms with E-state index in [9.17, 15) is 0 Å². The van der Waals surface area contributed by atoms with E-state index in [2.05, 4.69) is 55.8 Å². The normalized spacial score (nSPS) is 12.1. The minimum absolute atomic E-state index is 0. The number of hydrogen-bond acceptors (Lipinski definition) is 2. The van der Waals surface area contributed by atoms with E-state index >= 15 is 0 Å². The molecule has 0 nitrogen and oxygen atoms in total. The zero-order valence-electron chi connectivity index (χ0n) is 9.94. The van der Waals surface area contributed by atoms with Crippen molar-refractivity contribution in [3.05, 3.63) is 54.4 Å². The van der Waals surface area contributed by atoms with E-state index in [0.29, 0.717) is 0 Å². The van der Waals surface area contributed by atoms with Gasteiger partial charge in [-0.15, -0.1) is 23.9 Å². The molecule has 2 aromatic carbocycles. The third-order valence-electron chi connectivity index (χ3n) is 2.59. The van der Waals surface area contributed by atoms with Crippen LogP contribution in [-0.4, -0.2) is 0 Å². The summed E-state index contributed by atoms with van der Waals surface area (Å²) in [7, 11) is 0. The molecule has 0 fully saturated rings. The molecule has 0 saturated heterocycles. The van der Waals surface area contributed by atoms with Crippen LogP contribution in [0.15, 0.2) is 62.0 Å². The fourth-order valence-electron chi connectivity index (χ4n) is 1.72. The zero-order chi connectivity index (χ0) is 11.0. The number of hydrogen-bond donors (Lipinski definition) is 0. The van der Waals surface area contributed by atoms with Crippen molar-refractivity contribution < 1.29 is 18.9 Å². The van der Waals surface area contributed by atoms with Crippen molar-refractivity contribution in [3.8, 4) is 0 Å². The molecule has 3 heteroatoms. The van der Waals surface area contributed by atoms with Gasteiger partial charge in [0.05, 0.1) is 0 Å². The minimum atomic E-state index is 0. The van der Waals surface area contributed by atoms with Gasteiger partial charge in [-0.1, -0.05) is 30.8 Å². The number of benzene rings is 2. The predicted octanol–water partition coefficient (Wildman–Crippen LogP) is 1.88. The van der Waals surface area contributed by atoms with Gasteiger partial charge in [0.1, 0.15) is 0 Å². The first-order valence-corrected chi connectivity index (χ1v) is 6.88. The molecule has 0 saturated carbocycles. The van der Waals surface area contributed by atoms with E-state index in [1.54, 1.807) is 0 Å². The second-order valence-electron chi connectivity index (χ2n) is 3.65. The number of fused-ring (bicyclic) bond motifs is 2. The van der Waals surface area contributed by atoms with Crippen molar-refractivity contribution in [2.24, 2.45) is 0 Å². The van der Waals surface area contributed by atoms with Crippen molar-refractivity contribution in [2.75, 3.05) is 0 Å². The Morgan fingerprint density at radius 2 is 1.41 bits per heavy atom. The monoisotopic (exact) mass is 250 g/mol. The van der Waals surface area contributed by atoms with Crippen LogP contribution in [0.3, 0.4) is 0 Å². The molecule has 1 aliphatic rings. The van der Waals surface area contributed by atoms with Gasteiger partial charge in [-0.2, -0.15) is 18.1 Å². The summed E-state index contributed by atoms with van der Waals surface area (Å²) in [5.74, 6) is 0. The summed E-state index contributed by atoms with van der Waals surface area (Å²) in [6, 6.07) is 15.3. The molecule has 0 unspecified atom stereocenters. The quantitative estimate of drug-likeness (QED) is 0.478. The Labute approximate surface area is 123 Å². The predicted molar refractivity (Wildman–Crippen MR) is 70.2 cm³/mol. The average molecular weight is 250 g/mol. The van der Waals surface area contributed by atoms with Gasteiger partial charge in [0.2, 0.25) is 0 Å². The zero-order valence-corrected chi connectivity index (χ0v) is 11.6. The maximum absolute atomic E-state index is 2.27. The molecule has 0 aromatic heterocycles. The molecule has 2 aromatic rings. The van der Waals surface area contributed by atoms with Gasteiger partial charge in [-0.3, -0.25) is 0 Å². The molecule has 0 amide bonds. The van der Waals surface area contributed by atoms with Gasteiger partial charge in [-0.25, -0.2) is 0 Å². The standard InChI is InChI=1S/C14H11S2.Li/c1-2-10-7-8-13-14(9-10)16-12-6-4-3-5-11(12)15-13;/h2-9H,1H3;/q-1;+1. The van der Waals surface area contributed by atoms with E-state index in [0.717, 1.165) is 0 Å². The van der Waals surface area contributed by atoms with Gasteiger partial charge >= 0.3 is 18.9 Å². The Balaban J connectivity index is 0.00000108. The van der Waals surface area contributed by atoms with Gasteiger partial charge < -0.3 is 0 Å². The summed E-state index contributed by atoms with van der Waals surface area (Å²) in [5, 5.41) is 0. The topological polar surface area (TPSA) is 0 Å². The Morgan fingerprint density at radius 3 is 2.06 bits per heavy atom. The molecule has 80 valence electrons. The van der Waals surface area contributed by atoms with E-state index in [4.69, 9.17) is 0 Å². The largest absolute Gasteiger partial charge is 1.00 e.